The number of amides is 4. The van der Waals surface area contributed by atoms with Crippen LogP contribution in [0.25, 0.3) is 0 Å². The van der Waals surface area contributed by atoms with Gasteiger partial charge in [0.25, 0.3) is 11.8 Å². The van der Waals surface area contributed by atoms with Crippen molar-refractivity contribution in [1.82, 2.24) is 9.88 Å². The molecule has 1 aliphatic heterocycles. The summed E-state index contributed by atoms with van der Waals surface area (Å²) in [4.78, 5) is 45.5. The first-order chi connectivity index (χ1) is 17.6. The Morgan fingerprint density at radius 3 is 2.35 bits per heavy atom. The lowest BCUT2D eigenvalue weighted by Crippen LogP contribution is -2.36. The highest BCUT2D eigenvalue weighted by Gasteiger charge is 2.65. The van der Waals surface area contributed by atoms with Crippen molar-refractivity contribution < 1.29 is 32.3 Å². The molecule has 12 heteroatoms. The van der Waals surface area contributed by atoms with Crippen LogP contribution in [0.4, 0.5) is 29.5 Å². The number of alkyl halides is 3. The van der Waals surface area contributed by atoms with Crippen molar-refractivity contribution in [3.05, 3.63) is 83.0 Å². The number of halogens is 4. The minimum absolute atomic E-state index is 0.0721. The topological polar surface area (TPSA) is 91.8 Å². The van der Waals surface area contributed by atoms with Gasteiger partial charge >= 0.3 is 12.4 Å². The van der Waals surface area contributed by atoms with Gasteiger partial charge in [0, 0.05) is 23.3 Å². The lowest BCUT2D eigenvalue weighted by atomic mass is 10.2. The number of nitrogens with one attached hydrogen (secondary N) is 1. The van der Waals surface area contributed by atoms with E-state index in [0.29, 0.717) is 29.0 Å². The van der Waals surface area contributed by atoms with E-state index in [1.54, 1.807) is 36.4 Å². The number of carbonyl (C=O) groups is 3. The third kappa shape index (κ3) is 4.94. The first-order valence-corrected chi connectivity index (χ1v) is 11.5. The van der Waals surface area contributed by atoms with E-state index < -0.39 is 35.5 Å². The molecule has 1 saturated carbocycles. The number of carbonyl (C=O) groups excluding carboxylic acids is 3. The SMILES string of the molecule is O=C(Nc1cc(CN2C(=O)N(c3ccc(OC(F)(F)F)cc3)C(=O)C23CC3)ccn1)c1ccc(Cl)cc1. The second-order valence-corrected chi connectivity index (χ2v) is 9.03. The molecular weight excluding hydrogens is 513 g/mol. The summed E-state index contributed by atoms with van der Waals surface area (Å²) in [5, 5.41) is 3.18. The molecule has 0 radical (unpaired) electrons. The summed E-state index contributed by atoms with van der Waals surface area (Å²) in [6.07, 6.45) is -2.44. The number of aromatic nitrogens is 1. The Kier molecular flexibility index (Phi) is 6.03. The van der Waals surface area contributed by atoms with Crippen molar-refractivity contribution in [2.75, 3.05) is 10.2 Å². The minimum atomic E-state index is -4.85. The van der Waals surface area contributed by atoms with Crippen molar-refractivity contribution in [1.29, 1.82) is 0 Å². The number of rotatable bonds is 6. The number of nitrogens with zero attached hydrogens (tertiary/aromatic N) is 3. The van der Waals surface area contributed by atoms with E-state index in [9.17, 15) is 27.6 Å². The van der Waals surface area contributed by atoms with Gasteiger partial charge in [0.05, 0.1) is 5.69 Å². The average molecular weight is 531 g/mol. The van der Waals surface area contributed by atoms with Gasteiger partial charge in [0.1, 0.15) is 17.1 Å². The van der Waals surface area contributed by atoms with E-state index in [1.807, 2.05) is 0 Å². The molecule has 190 valence electrons. The van der Waals surface area contributed by atoms with Crippen LogP contribution >= 0.6 is 11.6 Å². The molecular formula is C25H18ClF3N4O4. The van der Waals surface area contributed by atoms with Crippen molar-refractivity contribution in [2.24, 2.45) is 0 Å². The van der Waals surface area contributed by atoms with Crippen molar-refractivity contribution in [3.8, 4) is 5.75 Å². The van der Waals surface area contributed by atoms with Crippen LogP contribution in [-0.2, 0) is 11.3 Å². The summed E-state index contributed by atoms with van der Waals surface area (Å²) in [5.41, 5.74) is 0.151. The van der Waals surface area contributed by atoms with E-state index in [0.717, 1.165) is 17.0 Å². The highest BCUT2D eigenvalue weighted by Crippen LogP contribution is 2.49. The molecule has 0 bridgehead atoms. The van der Waals surface area contributed by atoms with Crippen LogP contribution in [0.3, 0.4) is 0 Å². The minimum Gasteiger partial charge on any atom is -0.406 e. The molecule has 2 fully saturated rings. The van der Waals surface area contributed by atoms with Gasteiger partial charge in [-0.1, -0.05) is 11.6 Å². The third-order valence-electron chi connectivity index (χ3n) is 6.11. The molecule has 0 unspecified atom stereocenters. The predicted molar refractivity (Wildman–Crippen MR) is 127 cm³/mol. The van der Waals surface area contributed by atoms with E-state index in [-0.39, 0.29) is 18.1 Å². The monoisotopic (exact) mass is 530 g/mol. The van der Waals surface area contributed by atoms with Crippen LogP contribution < -0.4 is 15.0 Å². The highest BCUT2D eigenvalue weighted by molar-refractivity contribution is 6.30. The molecule has 1 spiro atoms. The molecule has 2 aliphatic rings. The number of imide groups is 1. The Morgan fingerprint density at radius 2 is 1.73 bits per heavy atom. The Hall–Kier alpha value is -4.12. The van der Waals surface area contributed by atoms with Crippen LogP contribution in [0, 0.1) is 0 Å². The van der Waals surface area contributed by atoms with Gasteiger partial charge in [-0.3, -0.25) is 9.59 Å². The fourth-order valence-electron chi connectivity index (χ4n) is 4.17. The number of urea groups is 1. The van der Waals surface area contributed by atoms with Crippen LogP contribution in [0.15, 0.2) is 66.9 Å². The van der Waals surface area contributed by atoms with E-state index in [4.69, 9.17) is 11.6 Å². The first-order valence-electron chi connectivity index (χ1n) is 11.1. The van der Waals surface area contributed by atoms with E-state index in [2.05, 4.69) is 15.0 Å². The molecule has 1 aromatic heterocycles. The normalized spacial score (nSPS) is 16.3. The number of benzene rings is 2. The lowest BCUT2D eigenvalue weighted by Gasteiger charge is -2.21. The zero-order valence-corrected chi connectivity index (χ0v) is 19.7. The van der Waals surface area contributed by atoms with Crippen LogP contribution in [-0.4, -0.2) is 39.6 Å². The number of anilines is 2. The zero-order valence-electron chi connectivity index (χ0n) is 19.0. The maximum Gasteiger partial charge on any atom is 0.573 e. The standard InChI is InChI=1S/C25H18ClF3N4O4/c26-17-3-1-16(2-4-17)21(34)31-20-13-15(9-12-30-20)14-32-23(36)33(22(35)24(32)10-11-24)18-5-7-19(8-6-18)37-25(27,28)29/h1-9,12-13H,10-11,14H2,(H,30,31,34). The van der Waals surface area contributed by atoms with Crippen LogP contribution in [0.1, 0.15) is 28.8 Å². The smallest absolute Gasteiger partial charge is 0.406 e. The van der Waals surface area contributed by atoms with Gasteiger partial charge < -0.3 is 15.0 Å². The highest BCUT2D eigenvalue weighted by atomic mass is 35.5. The quantitative estimate of drug-likeness (QED) is 0.432. The van der Waals surface area contributed by atoms with Gasteiger partial charge in [-0.25, -0.2) is 14.7 Å². The Bertz CT molecular complexity index is 1380. The maximum absolute atomic E-state index is 13.3. The Balaban J connectivity index is 1.32. The second-order valence-electron chi connectivity index (χ2n) is 8.59. The molecule has 5 rings (SSSR count). The van der Waals surface area contributed by atoms with Crippen LogP contribution in [0.5, 0.6) is 5.75 Å². The second kappa shape index (κ2) is 9.07. The first kappa shape index (κ1) is 24.6. The molecule has 2 heterocycles. The zero-order chi connectivity index (χ0) is 26.4. The molecule has 8 nitrogen and oxygen atoms in total. The number of pyridine rings is 1. The van der Waals surface area contributed by atoms with Crippen molar-refractivity contribution >= 4 is 41.0 Å². The lowest BCUT2D eigenvalue weighted by molar-refractivity contribution is -0.274. The molecule has 37 heavy (non-hydrogen) atoms. The Labute approximate surface area is 213 Å². The van der Waals surface area contributed by atoms with Gasteiger partial charge in [-0.15, -0.1) is 13.2 Å². The summed E-state index contributed by atoms with van der Waals surface area (Å²) in [5.74, 6) is -1.03. The van der Waals surface area contributed by atoms with Crippen LogP contribution in [0.2, 0.25) is 5.02 Å². The van der Waals surface area contributed by atoms with Gasteiger partial charge in [0.15, 0.2) is 0 Å². The Morgan fingerprint density at radius 1 is 1.05 bits per heavy atom. The summed E-state index contributed by atoms with van der Waals surface area (Å²) >= 11 is 5.86. The molecule has 4 amide bonds. The molecule has 3 aromatic rings. The number of ether oxygens (including phenoxy) is 1. The summed E-state index contributed by atoms with van der Waals surface area (Å²) in [7, 11) is 0. The summed E-state index contributed by atoms with van der Waals surface area (Å²) in [6, 6.07) is 13.6. The fraction of sp³-hybridized carbons (Fsp3) is 0.200. The van der Waals surface area contributed by atoms with Crippen molar-refractivity contribution in [3.63, 3.8) is 0 Å². The molecule has 1 aliphatic carbocycles. The largest absolute Gasteiger partial charge is 0.573 e. The molecule has 2 aromatic carbocycles. The average Bonchev–Trinajstić information content (AvgIpc) is 3.62. The maximum atomic E-state index is 13.3. The van der Waals surface area contributed by atoms with Gasteiger partial charge in [-0.2, -0.15) is 0 Å². The molecule has 0 atom stereocenters. The van der Waals surface area contributed by atoms with Gasteiger partial charge in [-0.05, 0) is 79.1 Å². The summed E-state index contributed by atoms with van der Waals surface area (Å²) < 4.78 is 41.2. The predicted octanol–water partition coefficient (Wildman–Crippen LogP) is 5.39. The van der Waals surface area contributed by atoms with Gasteiger partial charge in [0.2, 0.25) is 0 Å². The van der Waals surface area contributed by atoms with E-state index in [1.165, 1.54) is 23.2 Å². The number of hydrogen-bond acceptors (Lipinski definition) is 5. The van der Waals surface area contributed by atoms with E-state index >= 15 is 0 Å². The molecule has 1 N–H and O–H groups in total. The third-order valence-corrected chi connectivity index (χ3v) is 6.36. The number of hydrogen-bond donors (Lipinski definition) is 1. The fourth-order valence-corrected chi connectivity index (χ4v) is 4.30. The molecule has 1 saturated heterocycles. The van der Waals surface area contributed by atoms with Crippen molar-refractivity contribution in [2.45, 2.75) is 31.3 Å². The summed E-state index contributed by atoms with van der Waals surface area (Å²) in [6.45, 7) is 0.0721.